The number of hydrogen-bond acceptors (Lipinski definition) is 5. The van der Waals surface area contributed by atoms with Gasteiger partial charge in [0.05, 0.1) is 10.5 Å². The van der Waals surface area contributed by atoms with E-state index < -0.39 is 10.0 Å². The number of aromatic hydroxyl groups is 1. The topological polar surface area (TPSA) is 127 Å². The number of sulfonamides is 1. The molecule has 0 radical (unpaired) electrons. The third kappa shape index (κ3) is 5.14. The molecule has 0 saturated carbocycles. The molecule has 0 heterocycles. The van der Waals surface area contributed by atoms with E-state index in [0.717, 1.165) is 5.56 Å². The van der Waals surface area contributed by atoms with Gasteiger partial charge in [0.2, 0.25) is 10.0 Å². The Morgan fingerprint density at radius 2 is 1.77 bits per heavy atom. The normalized spacial score (nSPS) is 11.2. The Morgan fingerprint density at radius 1 is 1.12 bits per heavy atom. The maximum atomic E-state index is 12.1. The molecule has 0 aliphatic carbocycles. The Kier molecular flexibility index (Phi) is 6.12. The second kappa shape index (κ2) is 8.11. The number of aryl methyl sites for hydroxylation is 1. The van der Waals surface area contributed by atoms with Gasteiger partial charge < -0.3 is 10.4 Å². The van der Waals surface area contributed by atoms with Crippen LogP contribution in [0.3, 0.4) is 0 Å². The highest BCUT2D eigenvalue weighted by Gasteiger charge is 2.11. The average Bonchev–Trinajstić information content (AvgIpc) is 2.57. The second-order valence-electron chi connectivity index (χ2n) is 5.84. The fourth-order valence-electron chi connectivity index (χ4n) is 2.41. The lowest BCUT2D eigenvalue weighted by Crippen LogP contribution is -2.24. The van der Waals surface area contributed by atoms with Crippen molar-refractivity contribution in [3.63, 3.8) is 0 Å². The van der Waals surface area contributed by atoms with Crippen LogP contribution in [-0.4, -0.2) is 31.8 Å². The summed E-state index contributed by atoms with van der Waals surface area (Å²) in [4.78, 5) is 23.4. The molecule has 2 aromatic rings. The summed E-state index contributed by atoms with van der Waals surface area (Å²) in [5.74, 6) is -0.844. The Labute approximate surface area is 151 Å². The van der Waals surface area contributed by atoms with Crippen molar-refractivity contribution < 1.29 is 23.1 Å². The monoisotopic (exact) mass is 376 g/mol. The number of nitrogens with one attached hydrogen (secondary N) is 1. The minimum Gasteiger partial charge on any atom is -0.507 e. The molecule has 0 aliphatic rings. The van der Waals surface area contributed by atoms with Gasteiger partial charge in [-0.1, -0.05) is 12.1 Å². The van der Waals surface area contributed by atoms with Gasteiger partial charge in [0.25, 0.3) is 5.91 Å². The zero-order chi connectivity index (χ0) is 19.3. The molecule has 0 saturated heterocycles. The molecule has 26 heavy (non-hydrogen) atoms. The van der Waals surface area contributed by atoms with Gasteiger partial charge in [-0.2, -0.15) is 0 Å². The quantitative estimate of drug-likeness (QED) is 0.500. The average molecular weight is 376 g/mol. The summed E-state index contributed by atoms with van der Waals surface area (Å²) in [5, 5.41) is 17.5. The van der Waals surface area contributed by atoms with Crippen LogP contribution >= 0.6 is 0 Å². The van der Waals surface area contributed by atoms with E-state index >= 15 is 0 Å². The summed E-state index contributed by atoms with van der Waals surface area (Å²) in [7, 11) is -3.70. The second-order valence-corrected chi connectivity index (χ2v) is 7.40. The van der Waals surface area contributed by atoms with E-state index in [1.165, 1.54) is 37.3 Å². The van der Waals surface area contributed by atoms with Crippen LogP contribution in [0.1, 0.15) is 39.6 Å². The van der Waals surface area contributed by atoms with Crippen molar-refractivity contribution in [2.45, 2.75) is 24.7 Å². The van der Waals surface area contributed by atoms with Crippen molar-refractivity contribution in [3.8, 4) is 5.75 Å². The first-order valence-electron chi connectivity index (χ1n) is 7.92. The standard InChI is InChI=1S/C18H20N2O5S/c1-12(21)16-9-6-14(11-17(16)22)18(23)20-10-2-3-13-4-7-15(8-5-13)26(19,24)25/h4-9,11,22H,2-3,10H2,1H3,(H,20,23)(H2,19,24,25). The first-order valence-corrected chi connectivity index (χ1v) is 9.47. The number of nitrogens with two attached hydrogens (primary N) is 1. The van der Waals surface area contributed by atoms with Gasteiger partial charge in [0.15, 0.2) is 5.78 Å². The summed E-state index contributed by atoms with van der Waals surface area (Å²) >= 11 is 0. The lowest BCUT2D eigenvalue weighted by atomic mass is 10.1. The number of phenols is 1. The van der Waals surface area contributed by atoms with Gasteiger partial charge in [0, 0.05) is 12.1 Å². The van der Waals surface area contributed by atoms with E-state index in [1.807, 2.05) is 0 Å². The number of hydrogen-bond donors (Lipinski definition) is 3. The smallest absolute Gasteiger partial charge is 0.251 e. The molecule has 0 spiro atoms. The molecule has 1 amide bonds. The summed E-state index contributed by atoms with van der Waals surface area (Å²) < 4.78 is 22.4. The Hall–Kier alpha value is -2.71. The third-order valence-electron chi connectivity index (χ3n) is 3.82. The highest BCUT2D eigenvalue weighted by atomic mass is 32.2. The SMILES string of the molecule is CC(=O)c1ccc(C(=O)NCCCc2ccc(S(N)(=O)=O)cc2)cc1O. The van der Waals surface area contributed by atoms with E-state index in [2.05, 4.69) is 5.32 Å². The zero-order valence-corrected chi connectivity index (χ0v) is 15.0. The van der Waals surface area contributed by atoms with Crippen molar-refractivity contribution >= 4 is 21.7 Å². The molecular weight excluding hydrogens is 356 g/mol. The number of Topliss-reactive ketones (excluding diaryl/α,β-unsaturated/α-hetero) is 1. The molecular formula is C18H20N2O5S. The highest BCUT2D eigenvalue weighted by Crippen LogP contribution is 2.19. The lowest BCUT2D eigenvalue weighted by molar-refractivity contribution is 0.0950. The third-order valence-corrected chi connectivity index (χ3v) is 4.75. The molecule has 8 heteroatoms. The van der Waals surface area contributed by atoms with E-state index in [-0.39, 0.29) is 33.5 Å². The number of carbonyl (C=O) groups is 2. The number of benzene rings is 2. The molecule has 0 bridgehead atoms. The summed E-state index contributed by atoms with van der Waals surface area (Å²) in [6, 6.07) is 10.4. The van der Waals surface area contributed by atoms with Crippen LogP contribution in [0.15, 0.2) is 47.4 Å². The van der Waals surface area contributed by atoms with Crippen molar-refractivity contribution in [1.29, 1.82) is 0 Å². The predicted octanol–water partition coefficient (Wildman–Crippen LogP) is 1.60. The van der Waals surface area contributed by atoms with Crippen LogP contribution in [0.2, 0.25) is 0 Å². The summed E-state index contributed by atoms with van der Waals surface area (Å²) in [6.07, 6.45) is 1.30. The number of amides is 1. The van der Waals surface area contributed by atoms with Crippen LogP contribution in [0.5, 0.6) is 5.75 Å². The molecule has 4 N–H and O–H groups in total. The van der Waals surface area contributed by atoms with Crippen molar-refractivity contribution in [2.75, 3.05) is 6.54 Å². The van der Waals surface area contributed by atoms with Crippen LogP contribution < -0.4 is 10.5 Å². The number of rotatable bonds is 7. The molecule has 2 rings (SSSR count). The minimum absolute atomic E-state index is 0.0587. The van der Waals surface area contributed by atoms with E-state index in [1.54, 1.807) is 12.1 Å². The minimum atomic E-state index is -3.70. The van der Waals surface area contributed by atoms with Gasteiger partial charge in [-0.15, -0.1) is 0 Å². The van der Waals surface area contributed by atoms with Gasteiger partial charge in [-0.05, 0) is 55.7 Å². The Balaban J connectivity index is 1.85. The van der Waals surface area contributed by atoms with Crippen molar-refractivity contribution in [2.24, 2.45) is 5.14 Å². The van der Waals surface area contributed by atoms with Gasteiger partial charge in [-0.25, -0.2) is 13.6 Å². The first kappa shape index (κ1) is 19.6. The van der Waals surface area contributed by atoms with Gasteiger partial charge >= 0.3 is 0 Å². The molecule has 0 fully saturated rings. The van der Waals surface area contributed by atoms with Gasteiger partial charge in [0.1, 0.15) is 5.75 Å². The predicted molar refractivity (Wildman–Crippen MR) is 96.6 cm³/mol. The zero-order valence-electron chi connectivity index (χ0n) is 14.2. The number of phenolic OH excluding ortho intramolecular Hbond substituents is 1. The fourth-order valence-corrected chi connectivity index (χ4v) is 2.93. The molecule has 0 unspecified atom stereocenters. The fraction of sp³-hybridized carbons (Fsp3) is 0.222. The van der Waals surface area contributed by atoms with Gasteiger partial charge in [-0.3, -0.25) is 9.59 Å². The van der Waals surface area contributed by atoms with Crippen LogP contribution in [0.4, 0.5) is 0 Å². The summed E-state index contributed by atoms with van der Waals surface area (Å²) in [5.41, 5.74) is 1.37. The highest BCUT2D eigenvalue weighted by molar-refractivity contribution is 7.89. The number of ketones is 1. The molecule has 2 aromatic carbocycles. The van der Waals surface area contributed by atoms with Crippen LogP contribution in [0, 0.1) is 0 Å². The largest absolute Gasteiger partial charge is 0.507 e. The maximum absolute atomic E-state index is 12.1. The molecule has 0 atom stereocenters. The van der Waals surface area contributed by atoms with E-state index in [0.29, 0.717) is 19.4 Å². The van der Waals surface area contributed by atoms with Crippen LogP contribution in [-0.2, 0) is 16.4 Å². The molecule has 138 valence electrons. The first-order chi connectivity index (χ1) is 12.2. The molecule has 7 nitrogen and oxygen atoms in total. The van der Waals surface area contributed by atoms with Crippen LogP contribution in [0.25, 0.3) is 0 Å². The molecule has 0 aromatic heterocycles. The summed E-state index contributed by atoms with van der Waals surface area (Å²) in [6.45, 7) is 1.75. The Bertz CT molecular complexity index is 921. The molecule has 0 aliphatic heterocycles. The van der Waals surface area contributed by atoms with E-state index in [4.69, 9.17) is 5.14 Å². The lowest BCUT2D eigenvalue weighted by Gasteiger charge is -2.07. The maximum Gasteiger partial charge on any atom is 0.251 e. The van der Waals surface area contributed by atoms with E-state index in [9.17, 15) is 23.1 Å². The van der Waals surface area contributed by atoms with Crippen molar-refractivity contribution in [1.82, 2.24) is 5.32 Å². The van der Waals surface area contributed by atoms with Crippen molar-refractivity contribution in [3.05, 3.63) is 59.2 Å². The number of carbonyl (C=O) groups excluding carboxylic acids is 2. The number of primary sulfonamides is 1. The Morgan fingerprint density at radius 3 is 2.31 bits per heavy atom.